The van der Waals surface area contributed by atoms with Crippen molar-refractivity contribution in [1.82, 2.24) is 0 Å². The minimum atomic E-state index is -0.360. The van der Waals surface area contributed by atoms with E-state index in [9.17, 15) is 5.11 Å². The van der Waals surface area contributed by atoms with E-state index in [2.05, 4.69) is 26.0 Å². The predicted molar refractivity (Wildman–Crippen MR) is 60.2 cm³/mol. The third-order valence-corrected chi connectivity index (χ3v) is 2.94. The first-order chi connectivity index (χ1) is 7.18. The molecule has 15 heavy (non-hydrogen) atoms. The fourth-order valence-corrected chi connectivity index (χ4v) is 1.93. The van der Waals surface area contributed by atoms with Crippen LogP contribution in [-0.4, -0.2) is 11.7 Å². The Morgan fingerprint density at radius 1 is 1.40 bits per heavy atom. The standard InChI is InChI=1S/C13H18O2/c1-9(2)10-5-6-13-11(8-10)12(14)4-3-7-15-13/h5-6,8-9,12,14H,3-4,7H2,1-2H3/t12-/m0/s1. The Morgan fingerprint density at radius 3 is 2.93 bits per heavy atom. The molecule has 0 bridgehead atoms. The van der Waals surface area contributed by atoms with E-state index in [1.165, 1.54) is 5.56 Å². The molecular weight excluding hydrogens is 188 g/mol. The van der Waals surface area contributed by atoms with Gasteiger partial charge in [0.15, 0.2) is 0 Å². The molecule has 1 N–H and O–H groups in total. The minimum Gasteiger partial charge on any atom is -0.493 e. The summed E-state index contributed by atoms with van der Waals surface area (Å²) in [6, 6.07) is 6.15. The molecule has 1 atom stereocenters. The number of aliphatic hydroxyl groups is 1. The molecule has 1 aliphatic rings. The molecule has 2 heteroatoms. The molecule has 0 saturated heterocycles. The van der Waals surface area contributed by atoms with Crippen molar-refractivity contribution in [2.75, 3.05) is 6.61 Å². The first-order valence-electron chi connectivity index (χ1n) is 5.63. The van der Waals surface area contributed by atoms with Crippen LogP contribution in [0.3, 0.4) is 0 Å². The second-order valence-corrected chi connectivity index (χ2v) is 4.46. The zero-order chi connectivity index (χ0) is 10.8. The van der Waals surface area contributed by atoms with Crippen molar-refractivity contribution in [3.63, 3.8) is 0 Å². The van der Waals surface area contributed by atoms with Gasteiger partial charge in [0.1, 0.15) is 5.75 Å². The summed E-state index contributed by atoms with van der Waals surface area (Å²) in [5, 5.41) is 9.97. The molecule has 2 rings (SSSR count). The van der Waals surface area contributed by atoms with Crippen LogP contribution in [0.15, 0.2) is 18.2 Å². The van der Waals surface area contributed by atoms with E-state index in [1.54, 1.807) is 0 Å². The van der Waals surface area contributed by atoms with Crippen molar-refractivity contribution in [1.29, 1.82) is 0 Å². The van der Waals surface area contributed by atoms with E-state index >= 15 is 0 Å². The van der Waals surface area contributed by atoms with E-state index in [4.69, 9.17) is 4.74 Å². The molecular formula is C13H18O2. The maximum absolute atomic E-state index is 9.97. The molecule has 0 amide bonds. The van der Waals surface area contributed by atoms with Gasteiger partial charge < -0.3 is 9.84 Å². The molecule has 0 fully saturated rings. The number of hydrogen-bond donors (Lipinski definition) is 1. The molecule has 0 aromatic heterocycles. The van der Waals surface area contributed by atoms with Crippen LogP contribution in [0.4, 0.5) is 0 Å². The van der Waals surface area contributed by atoms with Gasteiger partial charge in [-0.15, -0.1) is 0 Å². The Balaban J connectivity index is 2.39. The number of rotatable bonds is 1. The highest BCUT2D eigenvalue weighted by molar-refractivity contribution is 5.40. The number of aliphatic hydroxyl groups excluding tert-OH is 1. The molecule has 0 saturated carbocycles. The molecule has 82 valence electrons. The van der Waals surface area contributed by atoms with Gasteiger partial charge in [-0.2, -0.15) is 0 Å². The third kappa shape index (κ3) is 2.15. The van der Waals surface area contributed by atoms with Crippen LogP contribution in [0.25, 0.3) is 0 Å². The topological polar surface area (TPSA) is 29.5 Å². The fraction of sp³-hybridized carbons (Fsp3) is 0.538. The lowest BCUT2D eigenvalue weighted by Crippen LogP contribution is -1.99. The van der Waals surface area contributed by atoms with Crippen LogP contribution in [0.5, 0.6) is 5.75 Å². The lowest BCUT2D eigenvalue weighted by molar-refractivity contribution is 0.167. The second kappa shape index (κ2) is 4.23. The quantitative estimate of drug-likeness (QED) is 0.765. The summed E-state index contributed by atoms with van der Waals surface area (Å²) in [7, 11) is 0. The Hall–Kier alpha value is -1.02. The molecule has 1 aromatic carbocycles. The molecule has 0 radical (unpaired) electrons. The smallest absolute Gasteiger partial charge is 0.125 e. The van der Waals surface area contributed by atoms with E-state index < -0.39 is 0 Å². The monoisotopic (exact) mass is 206 g/mol. The van der Waals surface area contributed by atoms with E-state index in [1.807, 2.05) is 6.07 Å². The van der Waals surface area contributed by atoms with Gasteiger partial charge in [0.25, 0.3) is 0 Å². The van der Waals surface area contributed by atoms with Crippen molar-refractivity contribution in [3.8, 4) is 5.75 Å². The van der Waals surface area contributed by atoms with Gasteiger partial charge in [-0.1, -0.05) is 19.9 Å². The third-order valence-electron chi connectivity index (χ3n) is 2.94. The number of hydrogen-bond acceptors (Lipinski definition) is 2. The van der Waals surface area contributed by atoms with Crippen LogP contribution in [0.1, 0.15) is 49.8 Å². The highest BCUT2D eigenvalue weighted by Crippen LogP contribution is 2.33. The first kappa shape index (κ1) is 10.5. The Morgan fingerprint density at radius 2 is 2.20 bits per heavy atom. The average molecular weight is 206 g/mol. The summed E-state index contributed by atoms with van der Waals surface area (Å²) in [4.78, 5) is 0. The van der Waals surface area contributed by atoms with Gasteiger partial charge in [0, 0.05) is 5.56 Å². The molecule has 0 unspecified atom stereocenters. The van der Waals surface area contributed by atoms with Crippen molar-refractivity contribution < 1.29 is 9.84 Å². The SMILES string of the molecule is CC(C)c1ccc2c(c1)[C@@H](O)CCCO2. The number of benzene rings is 1. The Kier molecular flexibility index (Phi) is 2.96. The average Bonchev–Trinajstić information content (AvgIpc) is 2.40. The maximum atomic E-state index is 9.97. The summed E-state index contributed by atoms with van der Waals surface area (Å²) in [5.41, 5.74) is 2.22. The predicted octanol–water partition coefficient (Wildman–Crippen LogP) is 3.02. The molecule has 1 aromatic rings. The Labute approximate surface area is 90.9 Å². The van der Waals surface area contributed by atoms with Crippen LogP contribution in [0, 0.1) is 0 Å². The van der Waals surface area contributed by atoms with Gasteiger partial charge in [0.05, 0.1) is 12.7 Å². The van der Waals surface area contributed by atoms with Crippen LogP contribution < -0.4 is 4.74 Å². The minimum absolute atomic E-state index is 0.360. The molecule has 1 heterocycles. The lowest BCUT2D eigenvalue weighted by Gasteiger charge is -2.14. The van der Waals surface area contributed by atoms with Gasteiger partial charge in [-0.05, 0) is 36.5 Å². The van der Waals surface area contributed by atoms with Crippen molar-refractivity contribution in [2.24, 2.45) is 0 Å². The summed E-state index contributed by atoms with van der Waals surface area (Å²) in [5.74, 6) is 1.34. The summed E-state index contributed by atoms with van der Waals surface area (Å²) in [6.07, 6.45) is 1.36. The maximum Gasteiger partial charge on any atom is 0.125 e. The van der Waals surface area contributed by atoms with Crippen molar-refractivity contribution in [3.05, 3.63) is 29.3 Å². The number of ether oxygens (including phenoxy) is 1. The largest absolute Gasteiger partial charge is 0.493 e. The van der Waals surface area contributed by atoms with E-state index in [0.29, 0.717) is 12.5 Å². The fourth-order valence-electron chi connectivity index (χ4n) is 1.93. The lowest BCUT2D eigenvalue weighted by atomic mass is 9.97. The summed E-state index contributed by atoms with van der Waals surface area (Å²) < 4.78 is 5.59. The highest BCUT2D eigenvalue weighted by Gasteiger charge is 2.18. The highest BCUT2D eigenvalue weighted by atomic mass is 16.5. The number of fused-ring (bicyclic) bond motifs is 1. The van der Waals surface area contributed by atoms with Gasteiger partial charge in [0.2, 0.25) is 0 Å². The molecule has 1 aliphatic heterocycles. The second-order valence-electron chi connectivity index (χ2n) is 4.46. The summed E-state index contributed by atoms with van der Waals surface area (Å²) in [6.45, 7) is 5.03. The molecule has 2 nitrogen and oxygen atoms in total. The molecule has 0 spiro atoms. The van der Waals surface area contributed by atoms with E-state index in [0.717, 1.165) is 24.2 Å². The molecule has 0 aliphatic carbocycles. The van der Waals surface area contributed by atoms with Crippen molar-refractivity contribution >= 4 is 0 Å². The van der Waals surface area contributed by atoms with Gasteiger partial charge in [-0.25, -0.2) is 0 Å². The zero-order valence-electron chi connectivity index (χ0n) is 9.36. The van der Waals surface area contributed by atoms with E-state index in [-0.39, 0.29) is 6.10 Å². The zero-order valence-corrected chi connectivity index (χ0v) is 9.36. The Bertz CT molecular complexity index is 344. The first-order valence-corrected chi connectivity index (χ1v) is 5.63. The summed E-state index contributed by atoms with van der Waals surface area (Å²) >= 11 is 0. The van der Waals surface area contributed by atoms with Crippen LogP contribution >= 0.6 is 0 Å². The van der Waals surface area contributed by atoms with Crippen LogP contribution in [0.2, 0.25) is 0 Å². The van der Waals surface area contributed by atoms with Gasteiger partial charge >= 0.3 is 0 Å². The van der Waals surface area contributed by atoms with Gasteiger partial charge in [-0.3, -0.25) is 0 Å². The van der Waals surface area contributed by atoms with Crippen molar-refractivity contribution in [2.45, 2.75) is 38.7 Å². The normalized spacial score (nSPS) is 20.7. The van der Waals surface area contributed by atoms with Crippen LogP contribution in [-0.2, 0) is 0 Å².